The molecule has 29 heavy (non-hydrogen) atoms. The Morgan fingerprint density at radius 2 is 1.45 bits per heavy atom. The Morgan fingerprint density at radius 1 is 0.828 bits per heavy atom. The normalized spacial score (nSPS) is 9.69. The zero-order chi connectivity index (χ0) is 21.2. The number of anilines is 3. The van der Waals surface area contributed by atoms with E-state index < -0.39 is 0 Å². The lowest BCUT2D eigenvalue weighted by molar-refractivity contribution is 0.771. The van der Waals surface area contributed by atoms with Crippen LogP contribution in [0.3, 0.4) is 0 Å². The van der Waals surface area contributed by atoms with Gasteiger partial charge >= 0.3 is 0 Å². The fourth-order valence-electron chi connectivity index (χ4n) is 1.85. The first-order chi connectivity index (χ1) is 13.8. The van der Waals surface area contributed by atoms with E-state index in [-0.39, 0.29) is 0 Å². The van der Waals surface area contributed by atoms with Crippen LogP contribution in [0.1, 0.15) is 0 Å². The van der Waals surface area contributed by atoms with Gasteiger partial charge in [0.2, 0.25) is 0 Å². The predicted molar refractivity (Wildman–Crippen MR) is 123 cm³/mol. The first-order valence-electron chi connectivity index (χ1n) is 8.22. The molecule has 4 aromatic rings. The number of nitrogens with two attached hydrogens (primary N) is 1. The topological polar surface area (TPSA) is 99.5 Å². The van der Waals surface area contributed by atoms with Gasteiger partial charge in [-0.1, -0.05) is 11.6 Å². The second-order valence-corrected chi connectivity index (χ2v) is 7.79. The van der Waals surface area contributed by atoms with E-state index in [0.717, 1.165) is 20.6 Å². The molecule has 4 rings (SSSR count). The van der Waals surface area contributed by atoms with Crippen molar-refractivity contribution in [2.75, 3.05) is 11.1 Å². The van der Waals surface area contributed by atoms with E-state index in [4.69, 9.17) is 17.3 Å². The van der Waals surface area contributed by atoms with E-state index in [2.05, 4.69) is 57.3 Å². The summed E-state index contributed by atoms with van der Waals surface area (Å²) in [6.45, 7) is 0. The highest BCUT2D eigenvalue weighted by Crippen LogP contribution is 2.14. The van der Waals surface area contributed by atoms with Gasteiger partial charge in [-0.3, -0.25) is 9.36 Å². The molecule has 0 saturated carbocycles. The van der Waals surface area contributed by atoms with Gasteiger partial charge in [0.15, 0.2) is 5.82 Å². The molecular weight excluding hydrogens is 524 g/mol. The van der Waals surface area contributed by atoms with Gasteiger partial charge < -0.3 is 11.1 Å². The number of nitrogen functional groups attached to an aromatic ring is 1. The molecule has 0 bridgehead atoms. The zero-order valence-corrected chi connectivity index (χ0v) is 19.6. The van der Waals surface area contributed by atoms with Gasteiger partial charge in [-0.05, 0) is 62.2 Å². The van der Waals surface area contributed by atoms with Crippen molar-refractivity contribution in [2.24, 2.45) is 14.1 Å². The lowest BCUT2D eigenvalue weighted by Gasteiger charge is -2.00. The van der Waals surface area contributed by atoms with Crippen LogP contribution in [0.4, 0.5) is 17.5 Å². The molecular formula is C18H19Br2ClN8. The van der Waals surface area contributed by atoms with Crippen LogP contribution in [0.5, 0.6) is 0 Å². The minimum atomic E-state index is 0.521. The molecule has 4 heterocycles. The smallest absolute Gasteiger partial charge is 0.153 e. The fourth-order valence-corrected chi connectivity index (χ4v) is 2.43. The van der Waals surface area contributed by atoms with E-state index in [1.54, 1.807) is 40.1 Å². The summed E-state index contributed by atoms with van der Waals surface area (Å²) in [5, 5.41) is 11.6. The maximum absolute atomic E-state index is 5.48. The number of halogens is 3. The Balaban J connectivity index is 0.000000170. The first kappa shape index (κ1) is 22.9. The standard InChI is InChI=1S/C9H9BrN4.C5H3BrClN.C4H7N3/c1-14-5-4-9(13-14)12-8-3-2-7(10)6-11-8;6-4-1-2-5(7)8-3-4;1-7-3-2-4(5)6-7/h2-6H,1H3,(H,11,12,13);1-3H;2-3H,1H3,(H2,5,6). The molecule has 0 aliphatic carbocycles. The van der Waals surface area contributed by atoms with Crippen molar-refractivity contribution < 1.29 is 0 Å². The molecule has 8 nitrogen and oxygen atoms in total. The molecule has 3 N–H and O–H groups in total. The molecule has 0 radical (unpaired) electrons. The Morgan fingerprint density at radius 3 is 1.83 bits per heavy atom. The molecule has 152 valence electrons. The van der Waals surface area contributed by atoms with Crippen molar-refractivity contribution in [2.45, 2.75) is 0 Å². The molecule has 0 aromatic carbocycles. The summed E-state index contributed by atoms with van der Waals surface area (Å²) < 4.78 is 5.31. The van der Waals surface area contributed by atoms with Crippen LogP contribution in [-0.4, -0.2) is 29.5 Å². The maximum Gasteiger partial charge on any atom is 0.153 e. The van der Waals surface area contributed by atoms with Crippen LogP contribution in [0.15, 0.2) is 70.1 Å². The molecule has 0 aliphatic heterocycles. The lowest BCUT2D eigenvalue weighted by atomic mass is 10.4. The summed E-state index contributed by atoms with van der Waals surface area (Å²) in [4.78, 5) is 7.97. The number of pyridine rings is 2. The molecule has 0 unspecified atom stereocenters. The molecule has 0 aliphatic rings. The highest BCUT2D eigenvalue weighted by atomic mass is 79.9. The van der Waals surface area contributed by atoms with E-state index in [1.807, 2.05) is 44.6 Å². The van der Waals surface area contributed by atoms with Gasteiger partial charge in [-0.25, -0.2) is 9.97 Å². The van der Waals surface area contributed by atoms with Crippen LogP contribution >= 0.6 is 43.5 Å². The lowest BCUT2D eigenvalue weighted by Crippen LogP contribution is -1.95. The summed E-state index contributed by atoms with van der Waals surface area (Å²) >= 11 is 12.0. The molecule has 11 heteroatoms. The zero-order valence-electron chi connectivity index (χ0n) is 15.7. The second kappa shape index (κ2) is 11.5. The average molecular weight is 543 g/mol. The molecule has 0 amide bonds. The highest BCUT2D eigenvalue weighted by Gasteiger charge is 1.97. The van der Waals surface area contributed by atoms with Crippen LogP contribution in [0, 0.1) is 0 Å². The summed E-state index contributed by atoms with van der Waals surface area (Å²) in [6, 6.07) is 11.0. The van der Waals surface area contributed by atoms with Gasteiger partial charge in [0.05, 0.1) is 0 Å². The monoisotopic (exact) mass is 540 g/mol. The number of nitrogens with one attached hydrogen (secondary N) is 1. The summed E-state index contributed by atoms with van der Waals surface area (Å²) in [7, 11) is 3.70. The van der Waals surface area contributed by atoms with Gasteiger partial charge in [-0.15, -0.1) is 0 Å². The number of hydrogen-bond donors (Lipinski definition) is 2. The van der Waals surface area contributed by atoms with Crippen LogP contribution in [0.2, 0.25) is 5.15 Å². The van der Waals surface area contributed by atoms with Crippen LogP contribution < -0.4 is 11.1 Å². The van der Waals surface area contributed by atoms with Gasteiger partial charge in [-0.2, -0.15) is 10.2 Å². The van der Waals surface area contributed by atoms with Crippen molar-refractivity contribution in [3.05, 3.63) is 75.3 Å². The van der Waals surface area contributed by atoms with Crippen LogP contribution in [0.25, 0.3) is 0 Å². The molecule has 4 aromatic heterocycles. The number of nitrogens with zero attached hydrogens (tertiary/aromatic N) is 6. The van der Waals surface area contributed by atoms with Gasteiger partial charge in [0, 0.05) is 53.9 Å². The van der Waals surface area contributed by atoms with E-state index >= 15 is 0 Å². The third-order valence-corrected chi connectivity index (χ3v) is 4.28. The third-order valence-electron chi connectivity index (χ3n) is 3.12. The number of rotatable bonds is 2. The Bertz CT molecular complexity index is 962. The largest absolute Gasteiger partial charge is 0.382 e. The summed E-state index contributed by atoms with van der Waals surface area (Å²) in [6.07, 6.45) is 7.07. The Kier molecular flexibility index (Phi) is 9.10. The number of hydrogen-bond acceptors (Lipinski definition) is 6. The van der Waals surface area contributed by atoms with Crippen LogP contribution in [-0.2, 0) is 14.1 Å². The first-order valence-corrected chi connectivity index (χ1v) is 10.2. The summed E-state index contributed by atoms with van der Waals surface area (Å²) in [5.41, 5.74) is 5.25. The maximum atomic E-state index is 5.48. The van der Waals surface area contributed by atoms with Crippen molar-refractivity contribution in [3.63, 3.8) is 0 Å². The van der Waals surface area contributed by atoms with E-state index in [0.29, 0.717) is 11.0 Å². The highest BCUT2D eigenvalue weighted by molar-refractivity contribution is 9.10. The van der Waals surface area contributed by atoms with E-state index in [1.165, 1.54) is 0 Å². The van der Waals surface area contributed by atoms with Crippen molar-refractivity contribution in [1.82, 2.24) is 29.5 Å². The SMILES string of the molecule is Clc1ccc(Br)cn1.Cn1ccc(N)n1.Cn1ccc(Nc2ccc(Br)cn2)n1. The fraction of sp³-hybridized carbons (Fsp3) is 0.111. The van der Waals surface area contributed by atoms with Crippen molar-refractivity contribution in [3.8, 4) is 0 Å². The van der Waals surface area contributed by atoms with Crippen molar-refractivity contribution >= 4 is 60.9 Å². The number of aromatic nitrogens is 6. The Labute approximate surface area is 190 Å². The average Bonchev–Trinajstić information content (AvgIpc) is 3.27. The van der Waals surface area contributed by atoms with E-state index in [9.17, 15) is 0 Å². The minimum absolute atomic E-state index is 0.521. The molecule has 0 saturated heterocycles. The molecule has 0 spiro atoms. The second-order valence-electron chi connectivity index (χ2n) is 5.57. The predicted octanol–water partition coefficient (Wildman–Crippen LogP) is 4.82. The molecule has 0 atom stereocenters. The third kappa shape index (κ3) is 9.07. The number of aryl methyl sites for hydroxylation is 2. The van der Waals surface area contributed by atoms with Gasteiger partial charge in [0.1, 0.15) is 16.8 Å². The van der Waals surface area contributed by atoms with Crippen molar-refractivity contribution in [1.29, 1.82) is 0 Å². The molecule has 0 fully saturated rings. The summed E-state index contributed by atoms with van der Waals surface area (Å²) in [5.74, 6) is 2.15. The Hall–Kier alpha value is -2.43. The van der Waals surface area contributed by atoms with Gasteiger partial charge in [0.25, 0.3) is 0 Å². The minimum Gasteiger partial charge on any atom is -0.382 e. The quantitative estimate of drug-likeness (QED) is 0.353.